The van der Waals surface area contributed by atoms with Crippen LogP contribution < -0.4 is 5.32 Å². The molecule has 0 aromatic carbocycles. The molecule has 2 atom stereocenters. The number of alkyl halides is 1. The Morgan fingerprint density at radius 3 is 2.52 bits per heavy atom. The summed E-state index contributed by atoms with van der Waals surface area (Å²) < 4.78 is 5.64. The number of hydrogen-bond acceptors (Lipinski definition) is 3. The molecule has 1 amide bonds. The molecule has 23 heavy (non-hydrogen) atoms. The topological polar surface area (TPSA) is 41.6 Å². The maximum atomic E-state index is 12.9. The highest BCUT2D eigenvalue weighted by Gasteiger charge is 2.59. The van der Waals surface area contributed by atoms with Gasteiger partial charge in [-0.15, -0.1) is 0 Å². The molecule has 5 heteroatoms. The molecule has 4 nitrogen and oxygen atoms in total. The zero-order chi connectivity index (χ0) is 15.9. The Morgan fingerprint density at radius 1 is 1.17 bits per heavy atom. The molecule has 5 fully saturated rings. The van der Waals surface area contributed by atoms with E-state index >= 15 is 0 Å². The highest BCUT2D eigenvalue weighted by atomic mass is 79.9. The van der Waals surface area contributed by atoms with Crippen LogP contribution in [0.2, 0.25) is 0 Å². The molecule has 0 spiro atoms. The Kier molecular flexibility index (Phi) is 4.48. The van der Waals surface area contributed by atoms with E-state index in [2.05, 4.69) is 26.1 Å². The maximum absolute atomic E-state index is 12.9. The van der Waals surface area contributed by atoms with E-state index in [9.17, 15) is 4.79 Å². The summed E-state index contributed by atoms with van der Waals surface area (Å²) in [4.78, 5) is 15.4. The second kappa shape index (κ2) is 6.30. The van der Waals surface area contributed by atoms with Crippen molar-refractivity contribution in [2.75, 3.05) is 39.4 Å². The molecule has 0 radical (unpaired) electrons. The van der Waals surface area contributed by atoms with Gasteiger partial charge in [0.25, 0.3) is 0 Å². The fourth-order valence-corrected chi connectivity index (χ4v) is 7.39. The standard InChI is InChI=1S/C18H29BrN2O2/c19-18-11-14-8-15(12-18)10-17(9-14,13-18)16(22)20-2-1-3-21-4-6-23-7-5-21/h14-15H,1-13H2,(H,20,22). The molecule has 5 rings (SSSR count). The monoisotopic (exact) mass is 384 g/mol. The molecule has 5 aliphatic rings. The third-order valence-electron chi connectivity index (χ3n) is 6.51. The molecule has 0 aromatic rings. The number of nitrogens with zero attached hydrogens (tertiary/aromatic N) is 1. The van der Waals surface area contributed by atoms with Crippen molar-refractivity contribution in [1.29, 1.82) is 0 Å². The number of morpholine rings is 1. The van der Waals surface area contributed by atoms with Crippen LogP contribution >= 0.6 is 15.9 Å². The molecule has 4 aliphatic carbocycles. The van der Waals surface area contributed by atoms with Crippen LogP contribution in [0.4, 0.5) is 0 Å². The van der Waals surface area contributed by atoms with Crippen molar-refractivity contribution in [1.82, 2.24) is 10.2 Å². The van der Waals surface area contributed by atoms with Crippen molar-refractivity contribution in [2.24, 2.45) is 17.3 Å². The summed E-state index contributed by atoms with van der Waals surface area (Å²) in [7, 11) is 0. The van der Waals surface area contributed by atoms with Gasteiger partial charge in [-0.2, -0.15) is 0 Å². The molecule has 1 saturated heterocycles. The van der Waals surface area contributed by atoms with E-state index in [-0.39, 0.29) is 9.74 Å². The van der Waals surface area contributed by atoms with Crippen molar-refractivity contribution in [3.8, 4) is 0 Å². The fraction of sp³-hybridized carbons (Fsp3) is 0.944. The summed E-state index contributed by atoms with van der Waals surface area (Å²) in [6, 6.07) is 0. The summed E-state index contributed by atoms with van der Waals surface area (Å²) >= 11 is 4.00. The van der Waals surface area contributed by atoms with Crippen molar-refractivity contribution < 1.29 is 9.53 Å². The van der Waals surface area contributed by atoms with Crippen LogP contribution in [-0.2, 0) is 9.53 Å². The second-order valence-electron chi connectivity index (χ2n) is 8.46. The van der Waals surface area contributed by atoms with Crippen molar-refractivity contribution in [2.45, 2.75) is 49.3 Å². The van der Waals surface area contributed by atoms with Gasteiger partial charge in [0.1, 0.15) is 0 Å². The first-order valence-electron chi connectivity index (χ1n) is 9.34. The smallest absolute Gasteiger partial charge is 0.226 e. The fourth-order valence-electron chi connectivity index (χ4n) is 5.93. The molecule has 4 bridgehead atoms. The summed E-state index contributed by atoms with van der Waals surface area (Å²) in [6.07, 6.45) is 8.30. The highest BCUT2D eigenvalue weighted by Crippen LogP contribution is 2.64. The van der Waals surface area contributed by atoms with Gasteiger partial charge in [-0.1, -0.05) is 15.9 Å². The lowest BCUT2D eigenvalue weighted by atomic mass is 9.49. The van der Waals surface area contributed by atoms with Crippen molar-refractivity contribution >= 4 is 21.8 Å². The van der Waals surface area contributed by atoms with E-state index in [4.69, 9.17) is 4.74 Å². The van der Waals surface area contributed by atoms with Gasteiger partial charge in [-0.05, 0) is 63.3 Å². The van der Waals surface area contributed by atoms with E-state index in [0.29, 0.717) is 5.91 Å². The van der Waals surface area contributed by atoms with E-state index in [0.717, 1.165) is 76.9 Å². The molecule has 1 heterocycles. The zero-order valence-electron chi connectivity index (χ0n) is 14.0. The summed E-state index contributed by atoms with van der Waals surface area (Å²) in [5.74, 6) is 1.89. The first-order valence-corrected chi connectivity index (χ1v) is 10.1. The lowest BCUT2D eigenvalue weighted by Crippen LogP contribution is -2.58. The number of hydrogen-bond donors (Lipinski definition) is 1. The van der Waals surface area contributed by atoms with Crippen LogP contribution in [0.5, 0.6) is 0 Å². The SMILES string of the molecule is O=C(NCCCN1CCOCC1)C12CC3CC(CC(Br)(C3)C1)C2. The molecule has 0 aromatic heterocycles. The molecule has 130 valence electrons. The number of nitrogens with one attached hydrogen (secondary N) is 1. The number of carbonyl (C=O) groups is 1. The second-order valence-corrected chi connectivity index (χ2v) is 10.1. The molecular weight excluding hydrogens is 356 g/mol. The van der Waals surface area contributed by atoms with E-state index in [1.807, 2.05) is 0 Å². The number of halogens is 1. The lowest BCUT2D eigenvalue weighted by molar-refractivity contribution is -0.144. The van der Waals surface area contributed by atoms with Gasteiger partial charge < -0.3 is 10.1 Å². The molecule has 4 saturated carbocycles. The van der Waals surface area contributed by atoms with E-state index < -0.39 is 0 Å². The van der Waals surface area contributed by atoms with Gasteiger partial charge >= 0.3 is 0 Å². The Labute approximate surface area is 147 Å². The minimum atomic E-state index is -0.0629. The summed E-state index contributed by atoms with van der Waals surface area (Å²) in [6.45, 7) is 5.67. The van der Waals surface area contributed by atoms with Crippen LogP contribution in [0.1, 0.15) is 44.9 Å². The highest BCUT2D eigenvalue weighted by molar-refractivity contribution is 9.10. The predicted molar refractivity (Wildman–Crippen MR) is 93.7 cm³/mol. The average molecular weight is 385 g/mol. The molecule has 1 aliphatic heterocycles. The number of amides is 1. The number of carbonyl (C=O) groups excluding carboxylic acids is 1. The summed E-state index contributed by atoms with van der Waals surface area (Å²) in [5.41, 5.74) is -0.0629. The third-order valence-corrected chi connectivity index (χ3v) is 7.44. The normalized spacial score (nSPS) is 42.8. The Hall–Kier alpha value is -0.130. The third kappa shape index (κ3) is 3.34. The minimum absolute atomic E-state index is 0.0629. The van der Waals surface area contributed by atoms with Gasteiger partial charge in [-0.3, -0.25) is 9.69 Å². The molecular formula is C18H29BrN2O2. The Balaban J connectivity index is 1.27. The summed E-state index contributed by atoms with van der Waals surface area (Å²) in [5, 5.41) is 3.28. The molecule has 1 N–H and O–H groups in total. The van der Waals surface area contributed by atoms with Crippen LogP contribution in [0.25, 0.3) is 0 Å². The largest absolute Gasteiger partial charge is 0.379 e. The Morgan fingerprint density at radius 2 is 1.87 bits per heavy atom. The van der Waals surface area contributed by atoms with Crippen molar-refractivity contribution in [3.63, 3.8) is 0 Å². The quantitative estimate of drug-likeness (QED) is 0.584. The zero-order valence-corrected chi connectivity index (χ0v) is 15.6. The van der Waals surface area contributed by atoms with Gasteiger partial charge in [0, 0.05) is 24.0 Å². The lowest BCUT2D eigenvalue weighted by Gasteiger charge is -2.59. The van der Waals surface area contributed by atoms with Gasteiger partial charge in [0.15, 0.2) is 0 Å². The van der Waals surface area contributed by atoms with Crippen LogP contribution in [0.3, 0.4) is 0 Å². The minimum Gasteiger partial charge on any atom is -0.379 e. The van der Waals surface area contributed by atoms with Gasteiger partial charge in [0.2, 0.25) is 5.91 Å². The van der Waals surface area contributed by atoms with Crippen LogP contribution in [-0.4, -0.2) is 54.5 Å². The predicted octanol–water partition coefficient (Wildman–Crippen LogP) is 2.56. The Bertz CT molecular complexity index is 450. The molecule has 2 unspecified atom stereocenters. The first kappa shape index (κ1) is 16.3. The van der Waals surface area contributed by atoms with Gasteiger partial charge in [0.05, 0.1) is 18.6 Å². The first-order chi connectivity index (χ1) is 11.1. The maximum Gasteiger partial charge on any atom is 0.226 e. The van der Waals surface area contributed by atoms with E-state index in [1.165, 1.54) is 19.3 Å². The van der Waals surface area contributed by atoms with E-state index in [1.54, 1.807) is 0 Å². The van der Waals surface area contributed by atoms with Crippen molar-refractivity contribution in [3.05, 3.63) is 0 Å². The van der Waals surface area contributed by atoms with Crippen LogP contribution in [0, 0.1) is 17.3 Å². The number of ether oxygens (including phenoxy) is 1. The van der Waals surface area contributed by atoms with Crippen LogP contribution in [0.15, 0.2) is 0 Å². The van der Waals surface area contributed by atoms with Gasteiger partial charge in [-0.25, -0.2) is 0 Å². The average Bonchev–Trinajstić information content (AvgIpc) is 2.50. The number of rotatable bonds is 5.